The van der Waals surface area contributed by atoms with Gasteiger partial charge in [0, 0.05) is 12.0 Å². The highest BCUT2D eigenvalue weighted by Gasteiger charge is 2.59. The first-order valence-corrected chi connectivity index (χ1v) is 8.18. The molecule has 20 heavy (non-hydrogen) atoms. The number of carbonyl (C=O) groups excluding carboxylic acids is 1. The lowest BCUT2D eigenvalue weighted by Gasteiger charge is -2.65. The molecule has 4 bridgehead atoms. The van der Waals surface area contributed by atoms with E-state index in [0.29, 0.717) is 22.8 Å². The van der Waals surface area contributed by atoms with Crippen molar-refractivity contribution in [2.45, 2.75) is 70.8 Å². The number of hydrogen-bond acceptors (Lipinski definition) is 3. The molecule has 4 aliphatic carbocycles. The number of nitrogens with one attached hydrogen (secondary N) is 1. The van der Waals surface area contributed by atoms with Gasteiger partial charge < -0.3 is 10.1 Å². The van der Waals surface area contributed by atoms with Crippen LogP contribution < -0.4 is 5.32 Å². The predicted molar refractivity (Wildman–Crippen MR) is 79.4 cm³/mol. The van der Waals surface area contributed by atoms with Crippen molar-refractivity contribution in [3.8, 4) is 0 Å². The normalized spacial score (nSPS) is 45.6. The predicted octanol–water partition coefficient (Wildman–Crippen LogP) is 3.28. The van der Waals surface area contributed by atoms with Crippen LogP contribution in [0.2, 0.25) is 0 Å². The minimum absolute atomic E-state index is 0.0868. The van der Waals surface area contributed by atoms with Crippen LogP contribution in [0.5, 0.6) is 0 Å². The molecule has 0 aromatic heterocycles. The van der Waals surface area contributed by atoms with E-state index >= 15 is 0 Å². The lowest BCUT2D eigenvalue weighted by atomic mass is 9.43. The summed E-state index contributed by atoms with van der Waals surface area (Å²) in [6.45, 7) is 5.95. The van der Waals surface area contributed by atoms with Gasteiger partial charge in [-0.1, -0.05) is 13.8 Å². The molecule has 3 nitrogen and oxygen atoms in total. The van der Waals surface area contributed by atoms with Crippen LogP contribution in [0.25, 0.3) is 0 Å². The molecular formula is C17H29NO2. The van der Waals surface area contributed by atoms with Gasteiger partial charge in [-0.15, -0.1) is 0 Å². The number of hydrogen-bond donors (Lipinski definition) is 1. The van der Waals surface area contributed by atoms with Gasteiger partial charge in [-0.05, 0) is 68.2 Å². The summed E-state index contributed by atoms with van der Waals surface area (Å²) < 4.78 is 4.71. The Bertz CT molecular complexity index is 388. The Morgan fingerprint density at radius 3 is 2.35 bits per heavy atom. The van der Waals surface area contributed by atoms with E-state index in [2.05, 4.69) is 19.2 Å². The third-order valence-corrected chi connectivity index (χ3v) is 5.91. The number of methoxy groups -OCH3 is 1. The van der Waals surface area contributed by atoms with Crippen molar-refractivity contribution in [1.29, 1.82) is 0 Å². The van der Waals surface area contributed by atoms with Crippen molar-refractivity contribution in [3.63, 3.8) is 0 Å². The maximum Gasteiger partial charge on any atom is 0.305 e. The number of rotatable bonds is 5. The highest BCUT2D eigenvalue weighted by Crippen LogP contribution is 2.66. The molecule has 114 valence electrons. The summed E-state index contributed by atoms with van der Waals surface area (Å²) in [5.74, 6) is 0.839. The molecule has 0 aromatic carbocycles. The van der Waals surface area contributed by atoms with Crippen LogP contribution in [0.15, 0.2) is 0 Å². The number of carbonyl (C=O) groups is 1. The fraction of sp³-hybridized carbons (Fsp3) is 0.941. The van der Waals surface area contributed by atoms with Crippen molar-refractivity contribution >= 4 is 5.97 Å². The molecule has 2 atom stereocenters. The largest absolute Gasteiger partial charge is 0.469 e. The first-order chi connectivity index (χ1) is 9.36. The van der Waals surface area contributed by atoms with Gasteiger partial charge in [0.1, 0.15) is 0 Å². The zero-order valence-corrected chi connectivity index (χ0v) is 13.3. The van der Waals surface area contributed by atoms with Gasteiger partial charge in [0.05, 0.1) is 7.11 Å². The molecule has 0 saturated heterocycles. The van der Waals surface area contributed by atoms with E-state index in [1.54, 1.807) is 0 Å². The third kappa shape index (κ3) is 2.61. The Balaban J connectivity index is 1.60. The van der Waals surface area contributed by atoms with Crippen molar-refractivity contribution in [2.75, 3.05) is 13.7 Å². The summed E-state index contributed by atoms with van der Waals surface area (Å²) in [6.07, 6.45) is 9.76. The van der Waals surface area contributed by atoms with Gasteiger partial charge in [-0.3, -0.25) is 4.79 Å². The van der Waals surface area contributed by atoms with E-state index in [-0.39, 0.29) is 5.97 Å². The Kier molecular flexibility index (Phi) is 3.39. The standard InChI is InChI=1S/C17H29NO2/c1-15-7-13-8-16(2,10-15)12-17(9-13,11-15)18-6-4-5-14(19)20-3/h13,18H,4-12H2,1-3H3. The van der Waals surface area contributed by atoms with Gasteiger partial charge in [0.2, 0.25) is 0 Å². The molecule has 4 saturated carbocycles. The van der Waals surface area contributed by atoms with Gasteiger partial charge >= 0.3 is 5.97 Å². The average molecular weight is 279 g/mol. The molecule has 4 aliphatic rings. The SMILES string of the molecule is COC(=O)CCCNC12CC3CC(C)(CC(C)(C3)C1)C2. The molecule has 3 heteroatoms. The first-order valence-electron chi connectivity index (χ1n) is 8.18. The van der Waals surface area contributed by atoms with Crippen LogP contribution in [0.3, 0.4) is 0 Å². The highest BCUT2D eigenvalue weighted by atomic mass is 16.5. The monoisotopic (exact) mass is 279 g/mol. The Labute approximate surface area is 122 Å². The molecule has 0 radical (unpaired) electrons. The first kappa shape index (κ1) is 14.4. The summed E-state index contributed by atoms with van der Waals surface area (Å²) in [7, 11) is 1.47. The molecule has 4 rings (SSSR count). The maximum absolute atomic E-state index is 11.2. The van der Waals surface area contributed by atoms with Crippen LogP contribution in [-0.2, 0) is 9.53 Å². The van der Waals surface area contributed by atoms with Gasteiger partial charge in [-0.2, -0.15) is 0 Å². The van der Waals surface area contributed by atoms with E-state index in [1.807, 2.05) is 0 Å². The quantitative estimate of drug-likeness (QED) is 0.620. The number of ether oxygens (including phenoxy) is 1. The second-order valence-electron chi connectivity index (χ2n) is 8.52. The molecule has 4 fully saturated rings. The Morgan fingerprint density at radius 2 is 1.80 bits per heavy atom. The van der Waals surface area contributed by atoms with Crippen LogP contribution >= 0.6 is 0 Å². The average Bonchev–Trinajstić information content (AvgIpc) is 2.29. The summed E-state index contributed by atoms with van der Waals surface area (Å²) in [5.41, 5.74) is 1.48. The second-order valence-corrected chi connectivity index (χ2v) is 8.52. The minimum Gasteiger partial charge on any atom is -0.469 e. The molecular weight excluding hydrogens is 250 g/mol. The fourth-order valence-electron chi connectivity index (χ4n) is 6.33. The van der Waals surface area contributed by atoms with Crippen LogP contribution in [0, 0.1) is 16.7 Å². The van der Waals surface area contributed by atoms with Crippen molar-refractivity contribution in [3.05, 3.63) is 0 Å². The van der Waals surface area contributed by atoms with E-state index in [9.17, 15) is 4.79 Å². The summed E-state index contributed by atoms with van der Waals surface area (Å²) in [4.78, 5) is 11.2. The molecule has 0 spiro atoms. The third-order valence-electron chi connectivity index (χ3n) is 5.91. The summed E-state index contributed by atoms with van der Waals surface area (Å²) in [5, 5.41) is 3.85. The Morgan fingerprint density at radius 1 is 1.15 bits per heavy atom. The lowest BCUT2D eigenvalue weighted by Crippen LogP contribution is -2.64. The minimum atomic E-state index is -0.0868. The van der Waals surface area contributed by atoms with Gasteiger partial charge in [0.25, 0.3) is 0 Å². The molecule has 0 aromatic rings. The lowest BCUT2D eigenvalue weighted by molar-refractivity contribution is -0.141. The van der Waals surface area contributed by atoms with Crippen LogP contribution in [0.4, 0.5) is 0 Å². The Hall–Kier alpha value is -0.570. The fourth-order valence-corrected chi connectivity index (χ4v) is 6.33. The maximum atomic E-state index is 11.2. The van der Waals surface area contributed by atoms with Crippen molar-refractivity contribution in [2.24, 2.45) is 16.7 Å². The van der Waals surface area contributed by atoms with Crippen molar-refractivity contribution in [1.82, 2.24) is 5.32 Å². The smallest absolute Gasteiger partial charge is 0.305 e. The molecule has 0 amide bonds. The summed E-state index contributed by atoms with van der Waals surface area (Å²) in [6, 6.07) is 0. The molecule has 2 unspecified atom stereocenters. The van der Waals surface area contributed by atoms with E-state index in [1.165, 1.54) is 45.6 Å². The number of esters is 1. The molecule has 0 aliphatic heterocycles. The topological polar surface area (TPSA) is 38.3 Å². The zero-order valence-electron chi connectivity index (χ0n) is 13.3. The van der Waals surface area contributed by atoms with E-state index < -0.39 is 0 Å². The van der Waals surface area contributed by atoms with Gasteiger partial charge in [0.15, 0.2) is 0 Å². The van der Waals surface area contributed by atoms with E-state index in [0.717, 1.165) is 18.9 Å². The van der Waals surface area contributed by atoms with Crippen LogP contribution in [-0.4, -0.2) is 25.2 Å². The highest BCUT2D eigenvalue weighted by molar-refractivity contribution is 5.69. The summed E-state index contributed by atoms with van der Waals surface area (Å²) >= 11 is 0. The van der Waals surface area contributed by atoms with Crippen LogP contribution in [0.1, 0.15) is 65.2 Å². The molecule has 0 heterocycles. The van der Waals surface area contributed by atoms with Crippen molar-refractivity contribution < 1.29 is 9.53 Å². The van der Waals surface area contributed by atoms with E-state index in [4.69, 9.17) is 4.74 Å². The second kappa shape index (κ2) is 4.72. The zero-order chi connectivity index (χ0) is 14.4. The van der Waals surface area contributed by atoms with Gasteiger partial charge in [-0.25, -0.2) is 0 Å². The molecule has 1 N–H and O–H groups in total.